The summed E-state index contributed by atoms with van der Waals surface area (Å²) < 4.78 is 5.52. The van der Waals surface area contributed by atoms with Gasteiger partial charge in [0.05, 0.1) is 0 Å². The monoisotopic (exact) mass is 290 g/mol. The van der Waals surface area contributed by atoms with E-state index in [1.54, 1.807) is 0 Å². The van der Waals surface area contributed by atoms with Crippen molar-refractivity contribution >= 4 is 11.8 Å². The Hall–Kier alpha value is -2.04. The molecule has 2 rings (SSSR count). The summed E-state index contributed by atoms with van der Waals surface area (Å²) in [4.78, 5) is 23.7. The highest BCUT2D eigenvalue weighted by atomic mass is 16.5. The Morgan fingerprint density at radius 2 is 2.19 bits per heavy atom. The van der Waals surface area contributed by atoms with Crippen LogP contribution in [0.25, 0.3) is 0 Å². The van der Waals surface area contributed by atoms with Crippen molar-refractivity contribution in [2.45, 2.75) is 39.2 Å². The first-order chi connectivity index (χ1) is 10.1. The molecular formula is C16H22N2O3. The molecule has 0 unspecified atom stereocenters. The lowest BCUT2D eigenvalue weighted by atomic mass is 10.1. The van der Waals surface area contributed by atoms with E-state index in [4.69, 9.17) is 4.74 Å². The Bertz CT molecular complexity index is 528. The van der Waals surface area contributed by atoms with Crippen LogP contribution in [0.5, 0.6) is 5.75 Å². The summed E-state index contributed by atoms with van der Waals surface area (Å²) in [6.45, 7) is 4.56. The Morgan fingerprint density at radius 3 is 2.95 bits per heavy atom. The molecule has 2 amide bonds. The predicted octanol–water partition coefficient (Wildman–Crippen LogP) is 1.47. The average molecular weight is 290 g/mol. The van der Waals surface area contributed by atoms with Crippen LogP contribution in [0.15, 0.2) is 18.2 Å². The molecule has 114 valence electrons. The maximum Gasteiger partial charge on any atom is 0.258 e. The van der Waals surface area contributed by atoms with Crippen LogP contribution >= 0.6 is 0 Å². The molecule has 0 aliphatic carbocycles. The van der Waals surface area contributed by atoms with Crippen molar-refractivity contribution in [3.63, 3.8) is 0 Å². The molecule has 1 aliphatic rings. The Balaban J connectivity index is 1.85. The number of rotatable bonds is 4. The SMILES string of the molecule is Cc1ccc(OCC(=O)N[C@H]2CCCCNC2=O)c(C)c1. The minimum absolute atomic E-state index is 0.0757. The molecule has 1 aromatic rings. The van der Waals surface area contributed by atoms with Crippen LogP contribution in [0.1, 0.15) is 30.4 Å². The first kappa shape index (κ1) is 15.4. The molecule has 5 heteroatoms. The molecule has 0 radical (unpaired) electrons. The molecule has 21 heavy (non-hydrogen) atoms. The third-order valence-electron chi connectivity index (χ3n) is 3.56. The fourth-order valence-corrected chi connectivity index (χ4v) is 2.42. The van der Waals surface area contributed by atoms with Crippen molar-refractivity contribution in [1.29, 1.82) is 0 Å². The molecule has 1 heterocycles. The normalized spacial score (nSPS) is 18.6. The van der Waals surface area contributed by atoms with Crippen LogP contribution < -0.4 is 15.4 Å². The molecule has 1 aromatic carbocycles. The van der Waals surface area contributed by atoms with E-state index in [0.29, 0.717) is 18.7 Å². The van der Waals surface area contributed by atoms with Gasteiger partial charge in [0.2, 0.25) is 5.91 Å². The number of nitrogens with one attached hydrogen (secondary N) is 2. The van der Waals surface area contributed by atoms with Crippen molar-refractivity contribution in [2.24, 2.45) is 0 Å². The van der Waals surface area contributed by atoms with Gasteiger partial charge in [-0.25, -0.2) is 0 Å². The number of ether oxygens (including phenoxy) is 1. The standard InChI is InChI=1S/C16H22N2O3/c1-11-6-7-14(12(2)9-11)21-10-15(19)18-13-5-3-4-8-17-16(13)20/h6-7,9,13H,3-5,8,10H2,1-2H3,(H,17,20)(H,18,19)/t13-/m0/s1. The Kier molecular flexibility index (Phi) is 5.20. The first-order valence-electron chi connectivity index (χ1n) is 7.33. The van der Waals surface area contributed by atoms with E-state index in [1.807, 2.05) is 32.0 Å². The van der Waals surface area contributed by atoms with Crippen LogP contribution in [-0.2, 0) is 9.59 Å². The van der Waals surface area contributed by atoms with E-state index in [0.717, 1.165) is 24.0 Å². The number of hydrogen-bond donors (Lipinski definition) is 2. The lowest BCUT2D eigenvalue weighted by molar-refractivity contribution is -0.129. The quantitative estimate of drug-likeness (QED) is 0.882. The minimum atomic E-state index is -0.442. The number of amides is 2. The van der Waals surface area contributed by atoms with Gasteiger partial charge in [-0.1, -0.05) is 17.7 Å². The summed E-state index contributed by atoms with van der Waals surface area (Å²) in [6.07, 6.45) is 2.57. The first-order valence-corrected chi connectivity index (χ1v) is 7.33. The molecular weight excluding hydrogens is 268 g/mol. The fraction of sp³-hybridized carbons (Fsp3) is 0.500. The zero-order valence-corrected chi connectivity index (χ0v) is 12.6. The third kappa shape index (κ3) is 4.48. The van der Waals surface area contributed by atoms with Crippen LogP contribution in [-0.4, -0.2) is 31.0 Å². The van der Waals surface area contributed by atoms with Gasteiger partial charge in [0.15, 0.2) is 6.61 Å². The zero-order valence-electron chi connectivity index (χ0n) is 12.6. The Morgan fingerprint density at radius 1 is 1.38 bits per heavy atom. The van der Waals surface area contributed by atoms with E-state index in [9.17, 15) is 9.59 Å². The van der Waals surface area contributed by atoms with Gasteiger partial charge >= 0.3 is 0 Å². The summed E-state index contributed by atoms with van der Waals surface area (Å²) in [7, 11) is 0. The van der Waals surface area contributed by atoms with Gasteiger partial charge in [0, 0.05) is 6.54 Å². The number of carbonyl (C=O) groups is 2. The van der Waals surface area contributed by atoms with Gasteiger partial charge in [0.25, 0.3) is 5.91 Å². The van der Waals surface area contributed by atoms with Crippen LogP contribution in [0.3, 0.4) is 0 Å². The summed E-state index contributed by atoms with van der Waals surface area (Å²) >= 11 is 0. The van der Waals surface area contributed by atoms with Crippen molar-refractivity contribution in [3.05, 3.63) is 29.3 Å². The summed E-state index contributed by atoms with van der Waals surface area (Å²) in [6, 6.07) is 5.36. The highest BCUT2D eigenvalue weighted by molar-refractivity contribution is 5.88. The number of benzene rings is 1. The van der Waals surface area contributed by atoms with Gasteiger partial charge < -0.3 is 15.4 Å². The van der Waals surface area contributed by atoms with E-state index in [1.165, 1.54) is 0 Å². The zero-order chi connectivity index (χ0) is 15.2. The second-order valence-corrected chi connectivity index (χ2v) is 5.46. The molecule has 0 spiro atoms. The van der Waals surface area contributed by atoms with Gasteiger partial charge in [-0.05, 0) is 44.7 Å². The highest BCUT2D eigenvalue weighted by Crippen LogP contribution is 2.18. The molecule has 5 nitrogen and oxygen atoms in total. The largest absolute Gasteiger partial charge is 0.484 e. The van der Waals surface area contributed by atoms with E-state index < -0.39 is 6.04 Å². The third-order valence-corrected chi connectivity index (χ3v) is 3.56. The van der Waals surface area contributed by atoms with E-state index in [2.05, 4.69) is 10.6 Å². The second-order valence-electron chi connectivity index (χ2n) is 5.46. The fourth-order valence-electron chi connectivity index (χ4n) is 2.42. The van der Waals surface area contributed by atoms with E-state index >= 15 is 0 Å². The summed E-state index contributed by atoms with van der Waals surface area (Å²) in [5, 5.41) is 5.53. The van der Waals surface area contributed by atoms with Crippen LogP contribution in [0.4, 0.5) is 0 Å². The Labute approximate surface area is 125 Å². The predicted molar refractivity (Wildman–Crippen MR) is 80.2 cm³/mol. The lowest BCUT2D eigenvalue weighted by Gasteiger charge is -2.16. The maximum absolute atomic E-state index is 11.9. The summed E-state index contributed by atoms with van der Waals surface area (Å²) in [5.74, 6) is 0.324. The van der Waals surface area contributed by atoms with Gasteiger partial charge in [-0.3, -0.25) is 9.59 Å². The molecule has 0 bridgehead atoms. The van der Waals surface area contributed by atoms with Gasteiger partial charge in [0.1, 0.15) is 11.8 Å². The van der Waals surface area contributed by atoms with Crippen molar-refractivity contribution in [3.8, 4) is 5.75 Å². The topological polar surface area (TPSA) is 67.4 Å². The average Bonchev–Trinajstić information content (AvgIpc) is 2.63. The molecule has 1 saturated heterocycles. The smallest absolute Gasteiger partial charge is 0.258 e. The highest BCUT2D eigenvalue weighted by Gasteiger charge is 2.22. The molecule has 2 N–H and O–H groups in total. The van der Waals surface area contributed by atoms with Gasteiger partial charge in [-0.2, -0.15) is 0 Å². The maximum atomic E-state index is 11.9. The molecule has 1 aliphatic heterocycles. The second kappa shape index (κ2) is 7.11. The summed E-state index contributed by atoms with van der Waals surface area (Å²) in [5.41, 5.74) is 2.15. The van der Waals surface area contributed by atoms with Crippen molar-refractivity contribution < 1.29 is 14.3 Å². The number of hydrogen-bond acceptors (Lipinski definition) is 3. The molecule has 1 fully saturated rings. The molecule has 1 atom stereocenters. The minimum Gasteiger partial charge on any atom is -0.484 e. The number of aryl methyl sites for hydroxylation is 2. The van der Waals surface area contributed by atoms with Crippen LogP contribution in [0.2, 0.25) is 0 Å². The molecule has 0 saturated carbocycles. The number of carbonyl (C=O) groups excluding carboxylic acids is 2. The van der Waals surface area contributed by atoms with Crippen molar-refractivity contribution in [2.75, 3.05) is 13.2 Å². The molecule has 0 aromatic heterocycles. The van der Waals surface area contributed by atoms with Crippen LogP contribution in [0, 0.1) is 13.8 Å². The van der Waals surface area contributed by atoms with Crippen molar-refractivity contribution in [1.82, 2.24) is 10.6 Å². The lowest BCUT2D eigenvalue weighted by Crippen LogP contribution is -2.46. The van der Waals surface area contributed by atoms with E-state index in [-0.39, 0.29) is 18.4 Å². The van der Waals surface area contributed by atoms with Gasteiger partial charge in [-0.15, -0.1) is 0 Å².